The van der Waals surface area contributed by atoms with Crippen LogP contribution in [0.1, 0.15) is 59.7 Å². The molecule has 3 aliphatic rings. The maximum atomic E-state index is 14.7. The van der Waals surface area contributed by atoms with Gasteiger partial charge in [0, 0.05) is 35.2 Å². The third kappa shape index (κ3) is 3.20. The van der Waals surface area contributed by atoms with Crippen molar-refractivity contribution in [2.45, 2.75) is 23.9 Å². The zero-order chi connectivity index (χ0) is 26.7. The maximum absolute atomic E-state index is 14.7. The summed E-state index contributed by atoms with van der Waals surface area (Å²) in [4.78, 5) is 46.0. The normalized spacial score (nSPS) is 22.8. The summed E-state index contributed by atoms with van der Waals surface area (Å²) in [7, 11) is 1.58. The quantitative estimate of drug-likeness (QED) is 0.258. The molecule has 0 unspecified atom stereocenters. The molecule has 0 radical (unpaired) electrons. The molecular formula is C34H27NO4. The molecule has 1 aliphatic carbocycles. The molecule has 0 saturated carbocycles. The van der Waals surface area contributed by atoms with Gasteiger partial charge >= 0.3 is 0 Å². The van der Waals surface area contributed by atoms with E-state index in [0.717, 1.165) is 11.1 Å². The van der Waals surface area contributed by atoms with E-state index >= 15 is 0 Å². The predicted molar refractivity (Wildman–Crippen MR) is 147 cm³/mol. The molecule has 5 nitrogen and oxygen atoms in total. The number of carbonyl (C=O) groups is 3. The van der Waals surface area contributed by atoms with Crippen molar-refractivity contribution in [3.8, 4) is 5.75 Å². The summed E-state index contributed by atoms with van der Waals surface area (Å²) in [5.74, 6) is -1.40. The molecule has 192 valence electrons. The summed E-state index contributed by atoms with van der Waals surface area (Å²) < 4.78 is 5.32. The van der Waals surface area contributed by atoms with E-state index in [1.165, 1.54) is 5.56 Å². The smallest absolute Gasteiger partial charge is 0.192 e. The van der Waals surface area contributed by atoms with Crippen molar-refractivity contribution >= 4 is 17.3 Å². The number of fused-ring (bicyclic) bond motifs is 5. The van der Waals surface area contributed by atoms with Crippen LogP contribution in [-0.4, -0.2) is 41.4 Å². The number of rotatable bonds is 4. The van der Waals surface area contributed by atoms with Crippen LogP contribution in [0, 0.1) is 5.92 Å². The summed E-state index contributed by atoms with van der Waals surface area (Å²) in [5.41, 5.74) is 2.89. The Morgan fingerprint density at radius 1 is 0.795 bits per heavy atom. The second kappa shape index (κ2) is 8.85. The van der Waals surface area contributed by atoms with Gasteiger partial charge in [-0.1, -0.05) is 78.9 Å². The summed E-state index contributed by atoms with van der Waals surface area (Å²) in [5, 5.41) is 0. The highest BCUT2D eigenvalue weighted by Gasteiger charge is 2.72. The monoisotopic (exact) mass is 513 g/mol. The van der Waals surface area contributed by atoms with E-state index in [0.29, 0.717) is 35.4 Å². The van der Waals surface area contributed by atoms with Crippen LogP contribution in [0.4, 0.5) is 0 Å². The maximum Gasteiger partial charge on any atom is 0.192 e. The Bertz CT molecular complexity index is 1590. The Morgan fingerprint density at radius 3 is 2.08 bits per heavy atom. The molecule has 4 aromatic rings. The average molecular weight is 514 g/mol. The van der Waals surface area contributed by atoms with Gasteiger partial charge in [-0.3, -0.25) is 19.3 Å². The highest BCUT2D eigenvalue weighted by molar-refractivity contribution is 6.35. The molecule has 4 aromatic carbocycles. The van der Waals surface area contributed by atoms with E-state index in [1.54, 1.807) is 55.6 Å². The van der Waals surface area contributed by atoms with Crippen LogP contribution in [0.3, 0.4) is 0 Å². The van der Waals surface area contributed by atoms with E-state index in [-0.39, 0.29) is 23.4 Å². The lowest BCUT2D eigenvalue weighted by atomic mass is 9.69. The lowest BCUT2D eigenvalue weighted by molar-refractivity contribution is 0.0409. The first kappa shape index (κ1) is 23.7. The molecular weight excluding hydrogens is 486 g/mol. The number of hydrogen-bond donors (Lipinski definition) is 0. The van der Waals surface area contributed by atoms with Crippen molar-refractivity contribution < 1.29 is 19.1 Å². The minimum absolute atomic E-state index is 0.201. The Balaban J connectivity index is 1.52. The standard InChI is InChI=1S/C34H27NO4/c1-39-24-17-15-23(16-18-24)31(36)29-28(22-10-3-2-4-11-22)30-25-12-6-5-9-21(25)19-20-35(30)34(29)32(37)26-13-7-8-14-27(26)33(34)38/h2-18,28-30H,19-20H2,1H3/t28-,29+,30+/m0/s1. The fraction of sp³-hybridized carbons (Fsp3) is 0.206. The molecule has 2 aliphatic heterocycles. The highest BCUT2D eigenvalue weighted by Crippen LogP contribution is 2.61. The summed E-state index contributed by atoms with van der Waals surface area (Å²) >= 11 is 0. The van der Waals surface area contributed by atoms with Gasteiger partial charge in [0.2, 0.25) is 0 Å². The van der Waals surface area contributed by atoms with Gasteiger partial charge in [0.1, 0.15) is 5.75 Å². The second-order valence-corrected chi connectivity index (χ2v) is 10.6. The van der Waals surface area contributed by atoms with Crippen LogP contribution < -0.4 is 4.74 Å². The van der Waals surface area contributed by atoms with Crippen molar-refractivity contribution in [3.63, 3.8) is 0 Å². The lowest BCUT2D eigenvalue weighted by Gasteiger charge is -2.41. The first-order valence-corrected chi connectivity index (χ1v) is 13.3. The van der Waals surface area contributed by atoms with E-state index in [1.807, 2.05) is 42.5 Å². The molecule has 0 aromatic heterocycles. The fourth-order valence-electron chi connectivity index (χ4n) is 7.28. The van der Waals surface area contributed by atoms with E-state index in [2.05, 4.69) is 17.0 Å². The Kier molecular flexibility index (Phi) is 5.39. The van der Waals surface area contributed by atoms with Crippen molar-refractivity contribution in [2.24, 2.45) is 5.92 Å². The van der Waals surface area contributed by atoms with Crippen LogP contribution in [0.25, 0.3) is 0 Å². The molecule has 5 heteroatoms. The minimum Gasteiger partial charge on any atom is -0.497 e. The SMILES string of the molecule is COc1ccc(C(=O)[C@H]2[C@H](c3ccccc3)[C@H]3c4ccccc4CCN3C23C(=O)c2ccccc2C3=O)cc1. The van der Waals surface area contributed by atoms with Gasteiger partial charge in [-0.15, -0.1) is 0 Å². The number of methoxy groups -OCH3 is 1. The second-order valence-electron chi connectivity index (χ2n) is 10.6. The number of ether oxygens (including phenoxy) is 1. The Morgan fingerprint density at radius 2 is 1.41 bits per heavy atom. The highest BCUT2D eigenvalue weighted by atomic mass is 16.5. The minimum atomic E-state index is -1.61. The lowest BCUT2D eigenvalue weighted by Crippen LogP contribution is -2.60. The van der Waals surface area contributed by atoms with E-state index in [4.69, 9.17) is 4.74 Å². The first-order chi connectivity index (χ1) is 19.1. The van der Waals surface area contributed by atoms with Gasteiger partial charge in [-0.05, 0) is 47.4 Å². The molecule has 3 atom stereocenters. The Labute approximate surface area is 227 Å². The third-order valence-corrected chi connectivity index (χ3v) is 8.88. The topological polar surface area (TPSA) is 63.7 Å². The van der Waals surface area contributed by atoms with Crippen LogP contribution in [0.2, 0.25) is 0 Å². The van der Waals surface area contributed by atoms with Crippen LogP contribution in [0.15, 0.2) is 103 Å². The van der Waals surface area contributed by atoms with Crippen LogP contribution >= 0.6 is 0 Å². The third-order valence-electron chi connectivity index (χ3n) is 8.88. The molecule has 1 saturated heterocycles. The number of carbonyl (C=O) groups excluding carboxylic acids is 3. The van der Waals surface area contributed by atoms with E-state index in [9.17, 15) is 14.4 Å². The zero-order valence-corrected chi connectivity index (χ0v) is 21.5. The van der Waals surface area contributed by atoms with Crippen molar-refractivity contribution in [1.82, 2.24) is 4.90 Å². The molecule has 1 fully saturated rings. The van der Waals surface area contributed by atoms with Crippen molar-refractivity contribution in [1.29, 1.82) is 0 Å². The summed E-state index contributed by atoms with van der Waals surface area (Å²) in [6.07, 6.45) is 0.705. The number of hydrogen-bond acceptors (Lipinski definition) is 5. The number of ketones is 3. The zero-order valence-electron chi connectivity index (χ0n) is 21.5. The predicted octanol–water partition coefficient (Wildman–Crippen LogP) is 5.71. The van der Waals surface area contributed by atoms with Gasteiger partial charge in [-0.25, -0.2) is 0 Å². The molecule has 0 amide bonds. The van der Waals surface area contributed by atoms with Gasteiger partial charge in [0.15, 0.2) is 22.9 Å². The van der Waals surface area contributed by atoms with Gasteiger partial charge in [0.05, 0.1) is 13.0 Å². The van der Waals surface area contributed by atoms with Crippen molar-refractivity contribution in [3.05, 3.63) is 137 Å². The van der Waals surface area contributed by atoms with Gasteiger partial charge in [-0.2, -0.15) is 0 Å². The van der Waals surface area contributed by atoms with Crippen LogP contribution in [-0.2, 0) is 6.42 Å². The number of Topliss-reactive ketones (excluding diaryl/α,β-unsaturated/α-hetero) is 3. The molecule has 1 spiro atoms. The summed E-state index contributed by atoms with van der Waals surface area (Å²) in [6.45, 7) is 0.517. The average Bonchev–Trinajstić information content (AvgIpc) is 3.43. The number of nitrogens with zero attached hydrogens (tertiary/aromatic N) is 1. The van der Waals surface area contributed by atoms with Gasteiger partial charge < -0.3 is 4.74 Å². The molecule has 0 N–H and O–H groups in total. The molecule has 2 heterocycles. The first-order valence-electron chi connectivity index (χ1n) is 13.3. The molecule has 39 heavy (non-hydrogen) atoms. The largest absolute Gasteiger partial charge is 0.497 e. The number of benzene rings is 4. The van der Waals surface area contributed by atoms with E-state index < -0.39 is 17.4 Å². The summed E-state index contributed by atoms with van der Waals surface area (Å²) in [6, 6.07) is 31.8. The van der Waals surface area contributed by atoms with Gasteiger partial charge in [0.25, 0.3) is 0 Å². The fourth-order valence-corrected chi connectivity index (χ4v) is 7.28. The van der Waals surface area contributed by atoms with Crippen molar-refractivity contribution in [2.75, 3.05) is 13.7 Å². The molecule has 7 rings (SSSR count). The van der Waals surface area contributed by atoms with Crippen LogP contribution in [0.5, 0.6) is 5.75 Å². The molecule has 0 bridgehead atoms. The Hall–Kier alpha value is -4.35.